The zero-order valence-corrected chi connectivity index (χ0v) is 19.8. The van der Waals surface area contributed by atoms with Crippen molar-refractivity contribution in [2.24, 2.45) is 0 Å². The van der Waals surface area contributed by atoms with Crippen molar-refractivity contribution in [3.05, 3.63) is 83.4 Å². The smallest absolute Gasteiger partial charge is 0.415 e. The Balaban J connectivity index is 1.49. The minimum Gasteiger partial charge on any atom is -0.457 e. The number of hydrogen-bond donors (Lipinski definition) is 1. The van der Waals surface area contributed by atoms with Crippen LogP contribution in [0.2, 0.25) is 0 Å². The minimum absolute atomic E-state index is 0.186. The van der Waals surface area contributed by atoms with Crippen LogP contribution in [0.25, 0.3) is 0 Å². The van der Waals surface area contributed by atoms with E-state index < -0.39 is 17.6 Å². The highest BCUT2D eigenvalue weighted by atomic mass is 127. The third kappa shape index (κ3) is 5.33. The van der Waals surface area contributed by atoms with Crippen molar-refractivity contribution >= 4 is 40.9 Å². The fraction of sp³-hybridized carbons (Fsp3) is 0.160. The van der Waals surface area contributed by atoms with E-state index in [2.05, 4.69) is 27.9 Å². The lowest BCUT2D eigenvalue weighted by Crippen LogP contribution is -2.38. The van der Waals surface area contributed by atoms with Crippen molar-refractivity contribution in [1.29, 1.82) is 0 Å². The van der Waals surface area contributed by atoms with E-state index in [1.807, 2.05) is 24.3 Å². The van der Waals surface area contributed by atoms with Crippen LogP contribution in [0.1, 0.15) is 28.4 Å². The molecular formula is C25H20INO6. The Kier molecular flexibility index (Phi) is 6.64. The summed E-state index contributed by atoms with van der Waals surface area (Å²) in [7, 11) is 0. The number of ether oxygens (including phenoxy) is 3. The summed E-state index contributed by atoms with van der Waals surface area (Å²) in [5.41, 5.74) is 0.987. The number of halogens is 1. The van der Waals surface area contributed by atoms with Crippen LogP contribution in [0.3, 0.4) is 0 Å². The van der Waals surface area contributed by atoms with E-state index in [9.17, 15) is 14.4 Å². The molecule has 3 aromatic carbocycles. The molecule has 8 heteroatoms. The number of hydrogen-bond acceptors (Lipinski definition) is 6. The van der Waals surface area contributed by atoms with E-state index >= 15 is 0 Å². The quantitative estimate of drug-likeness (QED) is 0.221. The number of carbonyl (C=O) groups is 3. The first-order chi connectivity index (χ1) is 15.9. The third-order valence-electron chi connectivity index (χ3n) is 5.10. The van der Waals surface area contributed by atoms with Gasteiger partial charge in [0.1, 0.15) is 23.0 Å². The van der Waals surface area contributed by atoms with Crippen molar-refractivity contribution < 1.29 is 28.6 Å². The average Bonchev–Trinajstić information content (AvgIpc) is 3.06. The number of carbonyl (C=O) groups excluding carboxylic acids is 3. The van der Waals surface area contributed by atoms with E-state index in [0.29, 0.717) is 34.8 Å². The number of nitrogens with one attached hydrogen (secondary N) is 1. The molecular weight excluding hydrogens is 537 g/mol. The van der Waals surface area contributed by atoms with Gasteiger partial charge in [-0.15, -0.1) is 0 Å². The first kappa shape index (κ1) is 22.8. The molecule has 0 spiro atoms. The second-order valence-electron chi connectivity index (χ2n) is 7.70. The van der Waals surface area contributed by atoms with Gasteiger partial charge in [-0.25, -0.2) is 4.79 Å². The molecule has 1 aliphatic heterocycles. The summed E-state index contributed by atoms with van der Waals surface area (Å²) >= 11 is 2.30. The molecule has 33 heavy (non-hydrogen) atoms. The summed E-state index contributed by atoms with van der Waals surface area (Å²) in [5.74, 6) is 1.55. The highest BCUT2D eigenvalue weighted by Crippen LogP contribution is 2.31. The van der Waals surface area contributed by atoms with Crippen LogP contribution >= 0.6 is 22.6 Å². The van der Waals surface area contributed by atoms with Gasteiger partial charge in [0.15, 0.2) is 11.9 Å². The zero-order valence-electron chi connectivity index (χ0n) is 17.7. The largest absolute Gasteiger partial charge is 0.457 e. The monoisotopic (exact) mass is 557 g/mol. The number of alkyl carbamates (subject to hydrolysis) is 1. The summed E-state index contributed by atoms with van der Waals surface area (Å²) in [6.45, 7) is 1.55. The number of aldehydes is 1. The van der Waals surface area contributed by atoms with Gasteiger partial charge in [0.05, 0.1) is 5.56 Å². The van der Waals surface area contributed by atoms with Crippen LogP contribution in [-0.4, -0.2) is 23.9 Å². The second kappa shape index (κ2) is 9.62. The molecule has 7 nitrogen and oxygen atoms in total. The standard InChI is InChI=1S/C25H20INO6/c1-25(23(29)27-24(30)33-25)13-17-3-2-4-20(11-17)32-22-10-9-21(12-18(22)15-28)31-19-7-5-16(14-26)6-8-19/h2-12,15H,13-14H2,1H3,(H,27,29,30)/t25-/m1/s1. The molecule has 0 radical (unpaired) electrons. The number of cyclic esters (lactones) is 1. The molecule has 4 rings (SSSR count). The Morgan fingerprint density at radius 1 is 0.939 bits per heavy atom. The topological polar surface area (TPSA) is 90.9 Å². The molecule has 1 saturated heterocycles. The Morgan fingerprint density at radius 2 is 1.67 bits per heavy atom. The normalized spacial score (nSPS) is 17.3. The van der Waals surface area contributed by atoms with Crippen LogP contribution in [0.4, 0.5) is 4.79 Å². The molecule has 3 aromatic rings. The summed E-state index contributed by atoms with van der Waals surface area (Å²) in [5, 5.41) is 2.14. The Bertz CT molecular complexity index is 1210. The average molecular weight is 557 g/mol. The second-order valence-corrected chi connectivity index (χ2v) is 8.46. The van der Waals surface area contributed by atoms with Crippen molar-refractivity contribution in [2.45, 2.75) is 23.4 Å². The van der Waals surface area contributed by atoms with Crippen LogP contribution in [0.5, 0.6) is 23.0 Å². The molecule has 0 bridgehead atoms. The first-order valence-corrected chi connectivity index (χ1v) is 11.6. The van der Waals surface area contributed by atoms with Crippen LogP contribution in [-0.2, 0) is 20.4 Å². The van der Waals surface area contributed by atoms with Crippen LogP contribution in [0, 0.1) is 0 Å². The molecule has 1 fully saturated rings. The van der Waals surface area contributed by atoms with Crippen LogP contribution in [0.15, 0.2) is 66.7 Å². The predicted molar refractivity (Wildman–Crippen MR) is 129 cm³/mol. The maximum atomic E-state index is 12.0. The maximum absolute atomic E-state index is 12.0. The van der Waals surface area contributed by atoms with Gasteiger partial charge in [0.25, 0.3) is 5.91 Å². The molecule has 0 unspecified atom stereocenters. The molecule has 2 amide bonds. The van der Waals surface area contributed by atoms with Crippen molar-refractivity contribution in [2.75, 3.05) is 0 Å². The lowest BCUT2D eigenvalue weighted by Gasteiger charge is -2.19. The Morgan fingerprint density at radius 3 is 2.33 bits per heavy atom. The summed E-state index contributed by atoms with van der Waals surface area (Å²) < 4.78 is 17.8. The Hall–Kier alpha value is -3.40. The number of alkyl halides is 1. The van der Waals surface area contributed by atoms with E-state index in [1.54, 1.807) is 49.4 Å². The van der Waals surface area contributed by atoms with Gasteiger partial charge in [0.2, 0.25) is 0 Å². The van der Waals surface area contributed by atoms with Gasteiger partial charge in [-0.3, -0.25) is 14.9 Å². The van der Waals surface area contributed by atoms with E-state index in [0.717, 1.165) is 9.99 Å². The van der Waals surface area contributed by atoms with E-state index in [4.69, 9.17) is 14.2 Å². The predicted octanol–water partition coefficient (Wildman–Crippen LogP) is 5.59. The lowest BCUT2D eigenvalue weighted by molar-refractivity contribution is -0.129. The van der Waals surface area contributed by atoms with Crippen LogP contribution < -0.4 is 14.8 Å². The van der Waals surface area contributed by atoms with Gasteiger partial charge >= 0.3 is 6.09 Å². The number of imide groups is 1. The SMILES string of the molecule is C[C@]1(Cc2cccc(Oc3ccc(Oc4ccc(CI)cc4)cc3C=O)c2)OC(=O)NC1=O. The number of rotatable bonds is 8. The summed E-state index contributed by atoms with van der Waals surface area (Å²) in [4.78, 5) is 35.1. The molecule has 0 aliphatic carbocycles. The molecule has 1 aliphatic rings. The molecule has 1 N–H and O–H groups in total. The zero-order chi connectivity index (χ0) is 23.4. The summed E-state index contributed by atoms with van der Waals surface area (Å²) in [6.07, 6.45) is 0.133. The molecule has 1 heterocycles. The van der Waals surface area contributed by atoms with Gasteiger partial charge in [-0.05, 0) is 60.5 Å². The highest BCUT2D eigenvalue weighted by molar-refractivity contribution is 14.1. The summed E-state index contributed by atoms with van der Waals surface area (Å²) in [6, 6.07) is 19.8. The fourth-order valence-corrected chi connectivity index (χ4v) is 3.92. The Labute approximate surface area is 204 Å². The van der Waals surface area contributed by atoms with Gasteiger partial charge < -0.3 is 14.2 Å². The van der Waals surface area contributed by atoms with Crippen molar-refractivity contribution in [1.82, 2.24) is 5.32 Å². The fourth-order valence-electron chi connectivity index (χ4n) is 3.41. The first-order valence-electron chi connectivity index (χ1n) is 10.1. The lowest BCUT2D eigenvalue weighted by atomic mass is 9.96. The van der Waals surface area contributed by atoms with Gasteiger partial charge in [0, 0.05) is 10.8 Å². The minimum atomic E-state index is -1.28. The van der Waals surface area contributed by atoms with E-state index in [-0.39, 0.29) is 6.42 Å². The van der Waals surface area contributed by atoms with Gasteiger partial charge in [-0.1, -0.05) is 46.9 Å². The van der Waals surface area contributed by atoms with Gasteiger partial charge in [-0.2, -0.15) is 0 Å². The van der Waals surface area contributed by atoms with Crippen molar-refractivity contribution in [3.8, 4) is 23.0 Å². The number of benzene rings is 3. The third-order valence-corrected chi connectivity index (χ3v) is 5.98. The van der Waals surface area contributed by atoms with Crippen molar-refractivity contribution in [3.63, 3.8) is 0 Å². The molecule has 1 atom stereocenters. The van der Waals surface area contributed by atoms with E-state index in [1.165, 1.54) is 5.56 Å². The number of amides is 2. The molecule has 0 aromatic heterocycles. The highest BCUT2D eigenvalue weighted by Gasteiger charge is 2.44. The molecule has 0 saturated carbocycles. The molecule has 168 valence electrons. The maximum Gasteiger partial charge on any atom is 0.415 e.